The van der Waals surface area contributed by atoms with Crippen LogP contribution in [0.5, 0.6) is 5.88 Å². The van der Waals surface area contributed by atoms with E-state index in [0.717, 1.165) is 46.3 Å². The van der Waals surface area contributed by atoms with Crippen LogP contribution in [0, 0.1) is 0 Å². The van der Waals surface area contributed by atoms with Gasteiger partial charge < -0.3 is 9.72 Å². The number of fused-ring (bicyclic) bond motifs is 1. The van der Waals surface area contributed by atoms with Crippen LogP contribution < -0.4 is 4.74 Å². The Morgan fingerprint density at radius 1 is 0.963 bits per heavy atom. The van der Waals surface area contributed by atoms with Gasteiger partial charge in [0, 0.05) is 41.7 Å². The van der Waals surface area contributed by atoms with Crippen molar-refractivity contribution in [2.45, 2.75) is 19.3 Å². The van der Waals surface area contributed by atoms with Crippen LogP contribution in [0.2, 0.25) is 5.15 Å². The molecule has 0 aromatic carbocycles. The normalized spacial score (nSPS) is 11.0. The van der Waals surface area contributed by atoms with E-state index in [4.69, 9.17) is 16.3 Å². The number of H-pyrrole nitrogens is 1. The van der Waals surface area contributed by atoms with Crippen molar-refractivity contribution in [3.63, 3.8) is 0 Å². The highest BCUT2D eigenvalue weighted by Gasteiger charge is 2.10. The van der Waals surface area contributed by atoms with E-state index in [0.29, 0.717) is 17.5 Å². The molecule has 4 rings (SSSR count). The van der Waals surface area contributed by atoms with E-state index >= 15 is 0 Å². The van der Waals surface area contributed by atoms with Gasteiger partial charge in [0.15, 0.2) is 0 Å². The number of nitrogens with one attached hydrogen (secondary N) is 1. The second-order valence-electron chi connectivity index (χ2n) is 6.31. The Balaban J connectivity index is 1.49. The van der Waals surface area contributed by atoms with Gasteiger partial charge in [-0.15, -0.1) is 0 Å². The number of aromatic nitrogens is 4. The molecule has 27 heavy (non-hydrogen) atoms. The van der Waals surface area contributed by atoms with Crippen molar-refractivity contribution in [2.75, 3.05) is 7.11 Å². The number of nitrogens with zero attached hydrogens (tertiary/aromatic N) is 3. The summed E-state index contributed by atoms with van der Waals surface area (Å²) in [6.07, 6.45) is 7.79. The van der Waals surface area contributed by atoms with Crippen LogP contribution in [-0.2, 0) is 19.3 Å². The molecule has 0 radical (unpaired) electrons. The quantitative estimate of drug-likeness (QED) is 0.505. The van der Waals surface area contributed by atoms with Gasteiger partial charge in [-0.05, 0) is 48.2 Å². The zero-order chi connectivity index (χ0) is 18.6. The summed E-state index contributed by atoms with van der Waals surface area (Å²) < 4.78 is 5.30. The van der Waals surface area contributed by atoms with Gasteiger partial charge in [0.05, 0.1) is 7.11 Å². The second-order valence-corrected chi connectivity index (χ2v) is 6.67. The molecule has 4 aromatic rings. The fraction of sp³-hybridized carbons (Fsp3) is 0.190. The number of pyridine rings is 3. The van der Waals surface area contributed by atoms with Crippen molar-refractivity contribution in [2.24, 2.45) is 0 Å². The van der Waals surface area contributed by atoms with E-state index in [2.05, 4.69) is 32.1 Å². The maximum atomic E-state index is 6.46. The lowest BCUT2D eigenvalue weighted by Crippen LogP contribution is -2.00. The summed E-state index contributed by atoms with van der Waals surface area (Å²) in [6, 6.07) is 12.0. The number of aryl methyl sites for hydroxylation is 2. The van der Waals surface area contributed by atoms with Crippen LogP contribution in [0.15, 0.2) is 55.0 Å². The number of methoxy groups -OCH3 is 1. The minimum Gasteiger partial charge on any atom is -0.481 e. The first-order valence-corrected chi connectivity index (χ1v) is 9.15. The summed E-state index contributed by atoms with van der Waals surface area (Å²) in [5, 5.41) is 1.66. The van der Waals surface area contributed by atoms with Crippen molar-refractivity contribution in [1.82, 2.24) is 19.9 Å². The molecule has 6 heteroatoms. The largest absolute Gasteiger partial charge is 0.481 e. The fourth-order valence-corrected chi connectivity index (χ4v) is 3.44. The van der Waals surface area contributed by atoms with Crippen molar-refractivity contribution < 1.29 is 4.74 Å². The Hall–Kier alpha value is -2.92. The molecule has 0 saturated carbocycles. The zero-order valence-electron chi connectivity index (χ0n) is 14.9. The molecule has 0 atom stereocenters. The Morgan fingerprint density at radius 2 is 1.81 bits per heavy atom. The molecule has 0 aliphatic rings. The smallest absolute Gasteiger partial charge is 0.216 e. The van der Waals surface area contributed by atoms with E-state index in [1.54, 1.807) is 19.5 Å². The van der Waals surface area contributed by atoms with Crippen molar-refractivity contribution in [3.05, 3.63) is 82.5 Å². The van der Waals surface area contributed by atoms with Crippen LogP contribution in [0.4, 0.5) is 0 Å². The number of hydrogen-bond donors (Lipinski definition) is 1. The minimum atomic E-state index is 0.545. The van der Waals surface area contributed by atoms with E-state index in [9.17, 15) is 0 Å². The third-order valence-electron chi connectivity index (χ3n) is 4.60. The first kappa shape index (κ1) is 17.5. The third-order valence-corrected chi connectivity index (χ3v) is 4.92. The molecular formula is C21H19ClN4O. The maximum absolute atomic E-state index is 6.46. The summed E-state index contributed by atoms with van der Waals surface area (Å²) >= 11 is 6.46. The van der Waals surface area contributed by atoms with Gasteiger partial charge in [0.25, 0.3) is 0 Å². The highest BCUT2D eigenvalue weighted by atomic mass is 35.5. The Kier molecular flexibility index (Phi) is 5.03. The average Bonchev–Trinajstić information content (AvgIpc) is 3.11. The van der Waals surface area contributed by atoms with Gasteiger partial charge in [-0.25, -0.2) is 15.0 Å². The molecule has 0 unspecified atom stereocenters. The molecule has 136 valence electrons. The fourth-order valence-electron chi connectivity index (χ4n) is 3.20. The SMILES string of the molecule is COc1ncccc1CCc1ccc(Cc2c[nH]c3ncccc23)c(Cl)n1. The molecule has 0 amide bonds. The molecule has 0 saturated heterocycles. The molecule has 4 heterocycles. The molecule has 5 nitrogen and oxygen atoms in total. The summed E-state index contributed by atoms with van der Waals surface area (Å²) in [6.45, 7) is 0. The van der Waals surface area contributed by atoms with Gasteiger partial charge in [-0.2, -0.15) is 0 Å². The molecule has 1 N–H and O–H groups in total. The summed E-state index contributed by atoms with van der Waals surface area (Å²) in [5.41, 5.74) is 5.07. The third kappa shape index (κ3) is 3.78. The van der Waals surface area contributed by atoms with Crippen LogP contribution >= 0.6 is 11.6 Å². The summed E-state index contributed by atoms with van der Waals surface area (Å²) in [7, 11) is 1.63. The van der Waals surface area contributed by atoms with Crippen molar-refractivity contribution in [3.8, 4) is 5.88 Å². The first-order chi connectivity index (χ1) is 13.2. The number of ether oxygens (including phenoxy) is 1. The molecule has 4 aromatic heterocycles. The summed E-state index contributed by atoms with van der Waals surface area (Å²) in [4.78, 5) is 16.3. The molecule has 0 spiro atoms. The predicted molar refractivity (Wildman–Crippen MR) is 106 cm³/mol. The molecule has 0 aliphatic carbocycles. The number of halogens is 1. The van der Waals surface area contributed by atoms with E-state index in [1.165, 1.54) is 0 Å². The Labute approximate surface area is 162 Å². The highest BCUT2D eigenvalue weighted by molar-refractivity contribution is 6.30. The number of rotatable bonds is 6. The monoisotopic (exact) mass is 378 g/mol. The van der Waals surface area contributed by atoms with Gasteiger partial charge >= 0.3 is 0 Å². The van der Waals surface area contributed by atoms with Crippen molar-refractivity contribution in [1.29, 1.82) is 0 Å². The van der Waals surface area contributed by atoms with Crippen LogP contribution in [-0.4, -0.2) is 27.0 Å². The first-order valence-electron chi connectivity index (χ1n) is 8.78. The van der Waals surface area contributed by atoms with Gasteiger partial charge in [0.2, 0.25) is 5.88 Å². The van der Waals surface area contributed by atoms with E-state index in [1.807, 2.05) is 30.5 Å². The lowest BCUT2D eigenvalue weighted by Gasteiger charge is -2.08. The molecular weight excluding hydrogens is 360 g/mol. The maximum Gasteiger partial charge on any atom is 0.216 e. The molecule has 0 bridgehead atoms. The zero-order valence-corrected chi connectivity index (χ0v) is 15.7. The standard InChI is InChI=1S/C21H19ClN4O/c1-27-21-14(4-2-11-24-21)6-8-17-9-7-15(19(22)26-17)12-16-13-25-20-18(16)5-3-10-23-20/h2-5,7,9-11,13H,6,8,12H2,1H3,(H,23,25). The highest BCUT2D eigenvalue weighted by Crippen LogP contribution is 2.24. The van der Waals surface area contributed by atoms with Gasteiger partial charge in [-0.1, -0.05) is 23.7 Å². The van der Waals surface area contributed by atoms with Gasteiger partial charge in [0.1, 0.15) is 10.8 Å². The molecule has 0 fully saturated rings. The Bertz CT molecular complexity index is 1080. The minimum absolute atomic E-state index is 0.545. The number of hydrogen-bond acceptors (Lipinski definition) is 4. The second kappa shape index (κ2) is 7.76. The topological polar surface area (TPSA) is 63.7 Å². The van der Waals surface area contributed by atoms with Gasteiger partial charge in [-0.3, -0.25) is 0 Å². The lowest BCUT2D eigenvalue weighted by molar-refractivity contribution is 0.392. The van der Waals surface area contributed by atoms with Crippen LogP contribution in [0.25, 0.3) is 11.0 Å². The number of aromatic amines is 1. The van der Waals surface area contributed by atoms with E-state index < -0.39 is 0 Å². The Morgan fingerprint density at radius 3 is 2.67 bits per heavy atom. The molecule has 0 aliphatic heterocycles. The van der Waals surface area contributed by atoms with Crippen LogP contribution in [0.1, 0.15) is 22.4 Å². The average molecular weight is 379 g/mol. The van der Waals surface area contributed by atoms with Crippen molar-refractivity contribution >= 4 is 22.6 Å². The predicted octanol–water partition coefficient (Wildman–Crippen LogP) is 4.39. The van der Waals surface area contributed by atoms with Crippen LogP contribution in [0.3, 0.4) is 0 Å². The summed E-state index contributed by atoms with van der Waals surface area (Å²) in [5.74, 6) is 0.660. The van der Waals surface area contributed by atoms with E-state index in [-0.39, 0.29) is 0 Å². The lowest BCUT2D eigenvalue weighted by atomic mass is 10.0.